The van der Waals surface area contributed by atoms with E-state index in [1.165, 1.54) is 29.7 Å². The van der Waals surface area contributed by atoms with Gasteiger partial charge in [-0.15, -0.1) is 11.3 Å². The molecule has 2 aromatic rings. The third-order valence-corrected chi connectivity index (χ3v) is 4.87. The van der Waals surface area contributed by atoms with Gasteiger partial charge in [-0.2, -0.15) is 0 Å². The molecular weight excluding hydrogens is 273 g/mol. The van der Waals surface area contributed by atoms with Gasteiger partial charge in [0.25, 0.3) is 0 Å². The molecule has 0 radical (unpaired) electrons. The van der Waals surface area contributed by atoms with Gasteiger partial charge < -0.3 is 5.73 Å². The molecule has 0 saturated carbocycles. The number of fused-ring (bicyclic) bond motifs is 1. The van der Waals surface area contributed by atoms with E-state index in [1.807, 2.05) is 6.07 Å². The number of sulfone groups is 1. The van der Waals surface area contributed by atoms with Crippen molar-refractivity contribution in [2.75, 3.05) is 12.0 Å². The Morgan fingerprint density at radius 2 is 2.11 bits per heavy atom. The van der Waals surface area contributed by atoms with Crippen LogP contribution in [-0.4, -0.2) is 20.4 Å². The van der Waals surface area contributed by atoms with E-state index in [9.17, 15) is 12.8 Å². The number of thiophene rings is 1. The van der Waals surface area contributed by atoms with Gasteiger partial charge in [0.1, 0.15) is 15.7 Å². The molecule has 6 heteroatoms. The minimum atomic E-state index is -3.00. The molecule has 0 aliphatic heterocycles. The predicted octanol–water partition coefficient (Wildman–Crippen LogP) is 2.47. The van der Waals surface area contributed by atoms with Crippen molar-refractivity contribution in [3.8, 4) is 0 Å². The van der Waals surface area contributed by atoms with E-state index < -0.39 is 9.84 Å². The van der Waals surface area contributed by atoms with Gasteiger partial charge in [-0.25, -0.2) is 12.8 Å². The smallest absolute Gasteiger partial charge is 0.147 e. The summed E-state index contributed by atoms with van der Waals surface area (Å²) in [5.74, 6) is -0.211. The molecule has 0 fully saturated rings. The normalized spacial score (nSPS) is 13.9. The molecule has 0 aliphatic rings. The molecule has 0 saturated heterocycles. The van der Waals surface area contributed by atoms with Crippen LogP contribution < -0.4 is 5.73 Å². The molecule has 0 amide bonds. The molecule has 1 heterocycles. The van der Waals surface area contributed by atoms with Crippen LogP contribution in [0.4, 0.5) is 4.39 Å². The van der Waals surface area contributed by atoms with E-state index in [0.29, 0.717) is 6.42 Å². The average molecular weight is 287 g/mol. The van der Waals surface area contributed by atoms with Gasteiger partial charge >= 0.3 is 0 Å². The van der Waals surface area contributed by atoms with Crippen LogP contribution in [0, 0.1) is 5.82 Å². The fraction of sp³-hybridized carbons (Fsp3) is 0.333. The first-order chi connectivity index (χ1) is 8.35. The molecule has 1 unspecified atom stereocenters. The lowest BCUT2D eigenvalue weighted by atomic mass is 10.2. The zero-order valence-electron chi connectivity index (χ0n) is 9.89. The van der Waals surface area contributed by atoms with E-state index in [-0.39, 0.29) is 17.6 Å². The second-order valence-electron chi connectivity index (χ2n) is 4.36. The Kier molecular flexibility index (Phi) is 3.70. The second kappa shape index (κ2) is 4.95. The van der Waals surface area contributed by atoms with Gasteiger partial charge in [-0.3, -0.25) is 0 Å². The van der Waals surface area contributed by atoms with Crippen molar-refractivity contribution in [2.45, 2.75) is 12.5 Å². The number of nitrogens with two attached hydrogens (primary N) is 1. The van der Waals surface area contributed by atoms with Gasteiger partial charge in [0, 0.05) is 21.9 Å². The minimum absolute atomic E-state index is 0.0662. The molecule has 0 aliphatic carbocycles. The minimum Gasteiger partial charge on any atom is -0.323 e. The van der Waals surface area contributed by atoms with Gasteiger partial charge in [0.15, 0.2) is 0 Å². The molecular formula is C12H14FNO2S2. The third kappa shape index (κ3) is 3.28. The molecule has 2 N–H and O–H groups in total. The monoisotopic (exact) mass is 287 g/mol. The number of benzene rings is 1. The lowest BCUT2D eigenvalue weighted by Crippen LogP contribution is -2.14. The van der Waals surface area contributed by atoms with Gasteiger partial charge in [0.2, 0.25) is 0 Å². The molecule has 18 heavy (non-hydrogen) atoms. The first-order valence-electron chi connectivity index (χ1n) is 5.47. The molecule has 0 bridgehead atoms. The first kappa shape index (κ1) is 13.5. The molecule has 98 valence electrons. The van der Waals surface area contributed by atoms with E-state index in [1.54, 1.807) is 6.07 Å². The number of hydrogen-bond donors (Lipinski definition) is 1. The second-order valence-corrected chi connectivity index (χ2v) is 7.73. The maximum Gasteiger partial charge on any atom is 0.147 e. The summed E-state index contributed by atoms with van der Waals surface area (Å²) in [6.07, 6.45) is 1.58. The Hall–Kier alpha value is -0.980. The lowest BCUT2D eigenvalue weighted by Gasteiger charge is -2.07. The van der Waals surface area contributed by atoms with Crippen LogP contribution in [0.5, 0.6) is 0 Å². The van der Waals surface area contributed by atoms with Crippen LogP contribution in [0.25, 0.3) is 10.1 Å². The summed E-state index contributed by atoms with van der Waals surface area (Å²) >= 11 is 1.41. The summed E-state index contributed by atoms with van der Waals surface area (Å²) in [7, 11) is -3.00. The largest absolute Gasteiger partial charge is 0.323 e. The van der Waals surface area contributed by atoms with Crippen LogP contribution in [0.3, 0.4) is 0 Å². The summed E-state index contributed by atoms with van der Waals surface area (Å²) in [4.78, 5) is 0.888. The van der Waals surface area contributed by atoms with Gasteiger partial charge in [-0.1, -0.05) is 6.07 Å². The number of halogens is 1. The Labute approximate surface area is 109 Å². The Balaban J connectivity index is 2.20. The SMILES string of the molecule is CS(=O)(=O)CCC(N)c1cc2ccc(F)cc2s1. The fourth-order valence-electron chi connectivity index (χ4n) is 1.69. The van der Waals surface area contributed by atoms with Crippen molar-refractivity contribution in [1.82, 2.24) is 0 Å². The third-order valence-electron chi connectivity index (χ3n) is 2.67. The van der Waals surface area contributed by atoms with Crippen LogP contribution in [0.2, 0.25) is 0 Å². The first-order valence-corrected chi connectivity index (χ1v) is 8.35. The molecule has 1 atom stereocenters. The van der Waals surface area contributed by atoms with E-state index >= 15 is 0 Å². The van der Waals surface area contributed by atoms with E-state index in [0.717, 1.165) is 15.0 Å². The van der Waals surface area contributed by atoms with Crippen molar-refractivity contribution in [3.63, 3.8) is 0 Å². The summed E-state index contributed by atoms with van der Waals surface area (Å²) in [5, 5.41) is 0.936. The van der Waals surface area contributed by atoms with Crippen molar-refractivity contribution in [2.24, 2.45) is 5.73 Å². The maximum absolute atomic E-state index is 13.0. The molecule has 1 aromatic carbocycles. The quantitative estimate of drug-likeness (QED) is 0.939. The van der Waals surface area contributed by atoms with E-state index in [2.05, 4.69) is 0 Å². The highest BCUT2D eigenvalue weighted by atomic mass is 32.2. The summed E-state index contributed by atoms with van der Waals surface area (Å²) in [6, 6.07) is 6.15. The summed E-state index contributed by atoms with van der Waals surface area (Å²) in [6.45, 7) is 0. The lowest BCUT2D eigenvalue weighted by molar-refractivity contribution is 0.592. The fourth-order valence-corrected chi connectivity index (χ4v) is 3.50. The average Bonchev–Trinajstić information content (AvgIpc) is 2.67. The maximum atomic E-state index is 13.0. The van der Waals surface area contributed by atoms with E-state index in [4.69, 9.17) is 5.73 Å². The molecule has 0 spiro atoms. The summed E-state index contributed by atoms with van der Waals surface area (Å²) < 4.78 is 36.0. The molecule has 1 aromatic heterocycles. The molecule has 3 nitrogen and oxygen atoms in total. The van der Waals surface area contributed by atoms with Crippen molar-refractivity contribution >= 4 is 31.3 Å². The Morgan fingerprint density at radius 1 is 1.39 bits per heavy atom. The van der Waals surface area contributed by atoms with Crippen LogP contribution in [0.15, 0.2) is 24.3 Å². The van der Waals surface area contributed by atoms with Crippen molar-refractivity contribution in [1.29, 1.82) is 0 Å². The van der Waals surface area contributed by atoms with Gasteiger partial charge in [-0.05, 0) is 30.0 Å². The number of hydrogen-bond acceptors (Lipinski definition) is 4. The zero-order chi connectivity index (χ0) is 13.3. The van der Waals surface area contributed by atoms with Crippen LogP contribution in [0.1, 0.15) is 17.3 Å². The van der Waals surface area contributed by atoms with Crippen LogP contribution in [-0.2, 0) is 9.84 Å². The Morgan fingerprint density at radius 3 is 2.78 bits per heavy atom. The topological polar surface area (TPSA) is 60.2 Å². The highest BCUT2D eigenvalue weighted by Gasteiger charge is 2.13. The standard InChI is InChI=1S/C12H14FNO2S2/c1-18(15,16)5-4-10(14)12-6-8-2-3-9(13)7-11(8)17-12/h2-3,6-7,10H,4-5,14H2,1H3. The van der Waals surface area contributed by atoms with Crippen molar-refractivity contribution < 1.29 is 12.8 Å². The predicted molar refractivity (Wildman–Crippen MR) is 73.0 cm³/mol. The zero-order valence-corrected chi connectivity index (χ0v) is 11.5. The highest BCUT2D eigenvalue weighted by Crippen LogP contribution is 2.30. The number of rotatable bonds is 4. The van der Waals surface area contributed by atoms with Gasteiger partial charge in [0.05, 0.1) is 5.75 Å². The Bertz CT molecular complexity index is 664. The van der Waals surface area contributed by atoms with Crippen molar-refractivity contribution in [3.05, 3.63) is 35.0 Å². The molecule has 2 rings (SSSR count). The highest BCUT2D eigenvalue weighted by molar-refractivity contribution is 7.90. The van der Waals surface area contributed by atoms with Crippen LogP contribution >= 0.6 is 11.3 Å². The summed E-state index contributed by atoms with van der Waals surface area (Å²) in [5.41, 5.74) is 5.96.